The van der Waals surface area contributed by atoms with E-state index < -0.39 is 5.97 Å². The van der Waals surface area contributed by atoms with Gasteiger partial charge in [0, 0.05) is 10.7 Å². The predicted octanol–water partition coefficient (Wildman–Crippen LogP) is 5.53. The Labute approximate surface area is 147 Å². The molecule has 0 saturated carbocycles. The fourth-order valence-electron chi connectivity index (χ4n) is 2.47. The van der Waals surface area contributed by atoms with Gasteiger partial charge >= 0.3 is 5.97 Å². The van der Waals surface area contributed by atoms with Crippen LogP contribution in [0.15, 0.2) is 47.8 Å². The van der Waals surface area contributed by atoms with Gasteiger partial charge < -0.3 is 9.67 Å². The molecule has 2 aromatic heterocycles. The van der Waals surface area contributed by atoms with E-state index >= 15 is 0 Å². The molecule has 6 heteroatoms. The quantitative estimate of drug-likeness (QED) is 0.645. The summed E-state index contributed by atoms with van der Waals surface area (Å²) in [4.78, 5) is 12.0. The first kappa shape index (κ1) is 16.1. The maximum absolute atomic E-state index is 10.9. The summed E-state index contributed by atoms with van der Waals surface area (Å²) in [7, 11) is 0. The number of carboxylic acid groups (broad SMARTS) is 1. The molecule has 0 bridgehead atoms. The summed E-state index contributed by atoms with van der Waals surface area (Å²) in [5.74, 6) is -0.826. The first-order valence-electron chi connectivity index (χ1n) is 6.98. The first-order valence-corrected chi connectivity index (χ1v) is 8.61. The van der Waals surface area contributed by atoms with Gasteiger partial charge in [-0.25, -0.2) is 0 Å². The van der Waals surface area contributed by atoms with E-state index in [-0.39, 0.29) is 6.42 Å². The Kier molecular flexibility index (Phi) is 4.76. The van der Waals surface area contributed by atoms with Crippen LogP contribution in [0.2, 0.25) is 10.0 Å². The van der Waals surface area contributed by atoms with Crippen molar-refractivity contribution >= 4 is 40.5 Å². The maximum Gasteiger partial charge on any atom is 0.303 e. The highest BCUT2D eigenvalue weighted by atomic mass is 35.5. The van der Waals surface area contributed by atoms with Crippen molar-refractivity contribution in [3.8, 4) is 16.3 Å². The topological polar surface area (TPSA) is 42.2 Å². The summed E-state index contributed by atoms with van der Waals surface area (Å²) in [6.45, 7) is 0. The standard InChI is InChI=1S/C17H13Cl2NO2S/c18-11-3-6-13(19)15(10-11)20-12(5-8-17(21)22)4-7-14(20)16-2-1-9-23-16/h1-4,6-7,9-10H,5,8H2,(H,21,22). The van der Waals surface area contributed by atoms with Gasteiger partial charge in [0.2, 0.25) is 0 Å². The number of aromatic nitrogens is 1. The van der Waals surface area contributed by atoms with E-state index in [1.807, 2.05) is 34.2 Å². The van der Waals surface area contributed by atoms with Gasteiger partial charge in [-0.2, -0.15) is 0 Å². The molecule has 0 amide bonds. The maximum atomic E-state index is 10.9. The smallest absolute Gasteiger partial charge is 0.303 e. The van der Waals surface area contributed by atoms with E-state index in [1.54, 1.807) is 29.5 Å². The zero-order valence-corrected chi connectivity index (χ0v) is 14.3. The molecular weight excluding hydrogens is 353 g/mol. The van der Waals surface area contributed by atoms with Crippen LogP contribution in [0.25, 0.3) is 16.3 Å². The molecule has 1 N–H and O–H groups in total. The van der Waals surface area contributed by atoms with Gasteiger partial charge in [-0.3, -0.25) is 4.79 Å². The van der Waals surface area contributed by atoms with Gasteiger partial charge in [0.15, 0.2) is 0 Å². The van der Waals surface area contributed by atoms with Gasteiger partial charge in [-0.15, -0.1) is 11.3 Å². The second-order valence-corrected chi connectivity index (χ2v) is 6.80. The Morgan fingerprint density at radius 1 is 1.17 bits per heavy atom. The van der Waals surface area contributed by atoms with Crippen LogP contribution in [0.3, 0.4) is 0 Å². The van der Waals surface area contributed by atoms with Crippen molar-refractivity contribution in [2.45, 2.75) is 12.8 Å². The van der Waals surface area contributed by atoms with E-state index in [2.05, 4.69) is 0 Å². The molecule has 3 rings (SSSR count). The first-order chi connectivity index (χ1) is 11.1. The summed E-state index contributed by atoms with van der Waals surface area (Å²) >= 11 is 14.1. The second-order valence-electron chi connectivity index (χ2n) is 5.01. The highest BCUT2D eigenvalue weighted by Gasteiger charge is 2.16. The van der Waals surface area contributed by atoms with Gasteiger partial charge in [0.1, 0.15) is 0 Å². The molecule has 2 heterocycles. The lowest BCUT2D eigenvalue weighted by atomic mass is 10.2. The summed E-state index contributed by atoms with van der Waals surface area (Å²) in [5.41, 5.74) is 2.62. The molecule has 0 atom stereocenters. The van der Waals surface area contributed by atoms with Crippen LogP contribution in [0.1, 0.15) is 12.1 Å². The molecule has 1 aromatic carbocycles. The number of benzene rings is 1. The Morgan fingerprint density at radius 2 is 2.00 bits per heavy atom. The van der Waals surface area contributed by atoms with Crippen molar-refractivity contribution in [3.05, 3.63) is 63.6 Å². The third-order valence-electron chi connectivity index (χ3n) is 3.48. The lowest BCUT2D eigenvalue weighted by Gasteiger charge is -2.15. The minimum absolute atomic E-state index is 0.0616. The van der Waals surface area contributed by atoms with Crippen LogP contribution >= 0.6 is 34.5 Å². The molecule has 0 aliphatic heterocycles. The largest absolute Gasteiger partial charge is 0.481 e. The van der Waals surface area contributed by atoms with E-state index in [4.69, 9.17) is 28.3 Å². The fraction of sp³-hybridized carbons (Fsp3) is 0.118. The molecule has 118 valence electrons. The van der Waals surface area contributed by atoms with Crippen LogP contribution in [0, 0.1) is 0 Å². The molecular formula is C17H13Cl2NO2S. The number of hydrogen-bond acceptors (Lipinski definition) is 2. The van der Waals surface area contributed by atoms with Crippen molar-refractivity contribution in [2.24, 2.45) is 0 Å². The molecule has 3 nitrogen and oxygen atoms in total. The molecule has 0 fully saturated rings. The predicted molar refractivity (Wildman–Crippen MR) is 95.1 cm³/mol. The Morgan fingerprint density at radius 3 is 2.70 bits per heavy atom. The minimum Gasteiger partial charge on any atom is -0.481 e. The van der Waals surface area contributed by atoms with Gasteiger partial charge in [0.25, 0.3) is 0 Å². The van der Waals surface area contributed by atoms with Crippen LogP contribution in [0.4, 0.5) is 0 Å². The van der Waals surface area contributed by atoms with Crippen molar-refractivity contribution in [1.82, 2.24) is 4.57 Å². The second kappa shape index (κ2) is 6.79. The van der Waals surface area contributed by atoms with E-state index in [0.29, 0.717) is 16.5 Å². The summed E-state index contributed by atoms with van der Waals surface area (Å²) in [5, 5.41) is 12.1. The highest BCUT2D eigenvalue weighted by molar-refractivity contribution is 7.13. The van der Waals surface area contributed by atoms with Crippen molar-refractivity contribution in [2.75, 3.05) is 0 Å². The number of thiophene rings is 1. The average Bonchev–Trinajstić information content (AvgIpc) is 3.16. The monoisotopic (exact) mass is 365 g/mol. The summed E-state index contributed by atoms with van der Waals surface area (Å²) in [6, 6.07) is 13.2. The summed E-state index contributed by atoms with van der Waals surface area (Å²) in [6.07, 6.45) is 0.482. The van der Waals surface area contributed by atoms with E-state index in [9.17, 15) is 4.79 Å². The molecule has 0 saturated heterocycles. The highest BCUT2D eigenvalue weighted by Crippen LogP contribution is 2.34. The summed E-state index contributed by atoms with van der Waals surface area (Å²) < 4.78 is 1.99. The van der Waals surface area contributed by atoms with Crippen molar-refractivity contribution in [3.63, 3.8) is 0 Å². The average molecular weight is 366 g/mol. The van der Waals surface area contributed by atoms with Crippen LogP contribution < -0.4 is 0 Å². The van der Waals surface area contributed by atoms with E-state index in [0.717, 1.165) is 22.0 Å². The zero-order chi connectivity index (χ0) is 16.4. The number of carboxylic acids is 1. The molecule has 0 unspecified atom stereocenters. The molecule has 0 aliphatic carbocycles. The van der Waals surface area contributed by atoms with E-state index in [1.165, 1.54) is 0 Å². The minimum atomic E-state index is -0.826. The van der Waals surface area contributed by atoms with Crippen molar-refractivity contribution < 1.29 is 9.90 Å². The lowest BCUT2D eigenvalue weighted by molar-refractivity contribution is -0.136. The molecule has 3 aromatic rings. The van der Waals surface area contributed by atoms with Crippen LogP contribution in [-0.2, 0) is 11.2 Å². The zero-order valence-electron chi connectivity index (χ0n) is 12.0. The number of rotatable bonds is 5. The lowest BCUT2D eigenvalue weighted by Crippen LogP contribution is -2.05. The van der Waals surface area contributed by atoms with Gasteiger partial charge in [-0.05, 0) is 48.2 Å². The Bertz CT molecular complexity index is 840. The third kappa shape index (κ3) is 3.44. The normalized spacial score (nSPS) is 10.9. The number of aryl methyl sites for hydroxylation is 1. The third-order valence-corrected chi connectivity index (χ3v) is 4.93. The van der Waals surface area contributed by atoms with Gasteiger partial charge in [-0.1, -0.05) is 29.3 Å². The van der Waals surface area contributed by atoms with Crippen LogP contribution in [-0.4, -0.2) is 15.6 Å². The molecule has 0 radical (unpaired) electrons. The number of aliphatic carboxylic acids is 1. The number of hydrogen-bond donors (Lipinski definition) is 1. The van der Waals surface area contributed by atoms with Gasteiger partial charge in [0.05, 0.1) is 27.7 Å². The number of halogens is 2. The van der Waals surface area contributed by atoms with Crippen molar-refractivity contribution in [1.29, 1.82) is 0 Å². The number of carbonyl (C=O) groups is 1. The SMILES string of the molecule is O=C(O)CCc1ccc(-c2cccs2)n1-c1cc(Cl)ccc1Cl. The molecule has 23 heavy (non-hydrogen) atoms. The Balaban J connectivity index is 2.16. The van der Waals surface area contributed by atoms with Crippen LogP contribution in [0.5, 0.6) is 0 Å². The fourth-order valence-corrected chi connectivity index (χ4v) is 3.58. The molecule has 0 aliphatic rings. The molecule has 0 spiro atoms. The number of nitrogens with zero attached hydrogens (tertiary/aromatic N) is 1. The Hall–Kier alpha value is -1.75.